The molecular formula is C16H23ClN2O. The highest BCUT2D eigenvalue weighted by atomic mass is 35.5. The molecule has 1 unspecified atom stereocenters. The molecule has 0 saturated carbocycles. The van der Waals surface area contributed by atoms with E-state index in [0.29, 0.717) is 5.02 Å². The fraction of sp³-hybridized carbons (Fsp3) is 0.500. The summed E-state index contributed by atoms with van der Waals surface area (Å²) in [6.07, 6.45) is 1.94. The van der Waals surface area contributed by atoms with Crippen LogP contribution in [0.2, 0.25) is 5.02 Å². The van der Waals surface area contributed by atoms with Gasteiger partial charge in [0.25, 0.3) is 0 Å². The standard InChI is InChI=1S/C16H23ClN2O/c1-5-16(6-2,19(3)4)15(18)14-10-11-9-12(17)7-8-13(11)20-14/h7-10,15H,5-6,18H2,1-4H3. The zero-order valence-corrected chi connectivity index (χ0v) is 13.4. The summed E-state index contributed by atoms with van der Waals surface area (Å²) in [5, 5.41) is 1.71. The highest BCUT2D eigenvalue weighted by molar-refractivity contribution is 6.31. The van der Waals surface area contributed by atoms with E-state index < -0.39 is 0 Å². The first kappa shape index (κ1) is 15.4. The Morgan fingerprint density at radius 2 is 1.90 bits per heavy atom. The summed E-state index contributed by atoms with van der Waals surface area (Å²) in [6.45, 7) is 4.34. The molecule has 0 fully saturated rings. The lowest BCUT2D eigenvalue weighted by atomic mass is 9.82. The predicted molar refractivity (Wildman–Crippen MR) is 85.2 cm³/mol. The van der Waals surface area contributed by atoms with Gasteiger partial charge in [-0.15, -0.1) is 0 Å². The zero-order chi connectivity index (χ0) is 14.9. The third-order valence-corrected chi connectivity index (χ3v) is 4.73. The van der Waals surface area contributed by atoms with Crippen molar-refractivity contribution in [3.63, 3.8) is 0 Å². The molecule has 1 atom stereocenters. The quantitative estimate of drug-likeness (QED) is 0.898. The lowest BCUT2D eigenvalue weighted by molar-refractivity contribution is 0.0969. The molecule has 3 nitrogen and oxygen atoms in total. The van der Waals surface area contributed by atoms with Crippen LogP contribution in [0.3, 0.4) is 0 Å². The lowest BCUT2D eigenvalue weighted by Crippen LogP contribution is -2.51. The van der Waals surface area contributed by atoms with Crippen molar-refractivity contribution in [1.29, 1.82) is 0 Å². The molecule has 1 heterocycles. The van der Waals surface area contributed by atoms with Crippen LogP contribution in [-0.2, 0) is 0 Å². The van der Waals surface area contributed by atoms with Gasteiger partial charge in [-0.1, -0.05) is 25.4 Å². The van der Waals surface area contributed by atoms with Gasteiger partial charge in [0.2, 0.25) is 0 Å². The Balaban J connectivity index is 2.46. The largest absolute Gasteiger partial charge is 0.459 e. The van der Waals surface area contributed by atoms with Crippen LogP contribution in [0.25, 0.3) is 11.0 Å². The second-order valence-electron chi connectivity index (χ2n) is 5.51. The summed E-state index contributed by atoms with van der Waals surface area (Å²) in [4.78, 5) is 2.21. The molecular weight excluding hydrogens is 272 g/mol. The second kappa shape index (κ2) is 5.76. The molecule has 1 aromatic heterocycles. The smallest absolute Gasteiger partial charge is 0.134 e. The van der Waals surface area contributed by atoms with Crippen LogP contribution in [-0.4, -0.2) is 24.5 Å². The second-order valence-corrected chi connectivity index (χ2v) is 5.95. The third kappa shape index (κ3) is 2.46. The van der Waals surface area contributed by atoms with Crippen molar-refractivity contribution in [1.82, 2.24) is 4.90 Å². The number of likely N-dealkylation sites (N-methyl/N-ethyl adjacent to an activating group) is 1. The number of fused-ring (bicyclic) bond motifs is 1. The molecule has 0 aliphatic rings. The maximum absolute atomic E-state index is 6.53. The van der Waals surface area contributed by atoms with Gasteiger partial charge >= 0.3 is 0 Å². The molecule has 0 saturated heterocycles. The molecule has 0 aliphatic heterocycles. The van der Waals surface area contributed by atoms with Crippen LogP contribution in [0.1, 0.15) is 38.5 Å². The maximum Gasteiger partial charge on any atom is 0.134 e. The first-order chi connectivity index (χ1) is 9.44. The monoisotopic (exact) mass is 294 g/mol. The van der Waals surface area contributed by atoms with Crippen LogP contribution in [0, 0.1) is 0 Å². The highest BCUT2D eigenvalue weighted by Crippen LogP contribution is 2.36. The molecule has 0 bridgehead atoms. The summed E-state index contributed by atoms with van der Waals surface area (Å²) < 4.78 is 5.93. The lowest BCUT2D eigenvalue weighted by Gasteiger charge is -2.42. The zero-order valence-electron chi connectivity index (χ0n) is 12.6. The number of benzene rings is 1. The van der Waals surface area contributed by atoms with E-state index in [1.54, 1.807) is 0 Å². The van der Waals surface area contributed by atoms with Crippen molar-refractivity contribution in [2.75, 3.05) is 14.1 Å². The van der Waals surface area contributed by atoms with E-state index in [1.165, 1.54) is 0 Å². The van der Waals surface area contributed by atoms with Gasteiger partial charge in [-0.05, 0) is 51.2 Å². The Kier molecular flexibility index (Phi) is 4.43. The predicted octanol–water partition coefficient (Wildman–Crippen LogP) is 4.21. The Labute approximate surface area is 125 Å². The Hall–Kier alpha value is -1.03. The minimum atomic E-state index is -0.168. The van der Waals surface area contributed by atoms with E-state index in [0.717, 1.165) is 29.6 Å². The number of nitrogens with two attached hydrogens (primary N) is 1. The van der Waals surface area contributed by atoms with E-state index >= 15 is 0 Å². The van der Waals surface area contributed by atoms with Crippen LogP contribution < -0.4 is 5.73 Å². The normalized spacial score (nSPS) is 14.2. The fourth-order valence-electron chi connectivity index (χ4n) is 3.05. The van der Waals surface area contributed by atoms with E-state index in [-0.39, 0.29) is 11.6 Å². The number of hydrogen-bond donors (Lipinski definition) is 1. The van der Waals surface area contributed by atoms with Crippen molar-refractivity contribution < 1.29 is 4.42 Å². The third-order valence-electron chi connectivity index (χ3n) is 4.50. The molecule has 0 aliphatic carbocycles. The van der Waals surface area contributed by atoms with Crippen molar-refractivity contribution in [3.05, 3.63) is 35.0 Å². The molecule has 2 aromatic rings. The molecule has 20 heavy (non-hydrogen) atoms. The molecule has 1 aromatic carbocycles. The van der Waals surface area contributed by atoms with Gasteiger partial charge in [-0.25, -0.2) is 0 Å². The van der Waals surface area contributed by atoms with Crippen LogP contribution in [0.5, 0.6) is 0 Å². The average Bonchev–Trinajstić information content (AvgIpc) is 2.83. The Morgan fingerprint density at radius 1 is 1.25 bits per heavy atom. The maximum atomic E-state index is 6.53. The molecule has 4 heteroatoms. The SMILES string of the molecule is CCC(CC)(C(N)c1cc2cc(Cl)ccc2o1)N(C)C. The van der Waals surface area contributed by atoms with Gasteiger partial charge in [0, 0.05) is 15.9 Å². The van der Waals surface area contributed by atoms with Gasteiger partial charge in [0.05, 0.1) is 6.04 Å². The van der Waals surface area contributed by atoms with Gasteiger partial charge in [-0.2, -0.15) is 0 Å². The van der Waals surface area contributed by atoms with E-state index in [1.807, 2.05) is 24.3 Å². The summed E-state index contributed by atoms with van der Waals surface area (Å²) in [7, 11) is 4.15. The Morgan fingerprint density at radius 3 is 2.45 bits per heavy atom. The van der Waals surface area contributed by atoms with E-state index in [9.17, 15) is 0 Å². The van der Waals surface area contributed by atoms with Gasteiger partial charge in [0.15, 0.2) is 0 Å². The van der Waals surface area contributed by atoms with Crippen molar-refractivity contribution in [3.8, 4) is 0 Å². The molecule has 2 N–H and O–H groups in total. The number of rotatable bonds is 5. The van der Waals surface area contributed by atoms with Gasteiger partial charge in [0.1, 0.15) is 11.3 Å². The Bertz CT molecular complexity index is 587. The number of hydrogen-bond acceptors (Lipinski definition) is 3. The van der Waals surface area contributed by atoms with Crippen LogP contribution in [0.15, 0.2) is 28.7 Å². The number of furan rings is 1. The van der Waals surface area contributed by atoms with Gasteiger partial charge < -0.3 is 15.1 Å². The van der Waals surface area contributed by atoms with Crippen LogP contribution >= 0.6 is 11.6 Å². The first-order valence-corrected chi connectivity index (χ1v) is 7.44. The van der Waals surface area contributed by atoms with Crippen molar-refractivity contribution in [2.45, 2.75) is 38.3 Å². The first-order valence-electron chi connectivity index (χ1n) is 7.06. The topological polar surface area (TPSA) is 42.4 Å². The molecule has 2 rings (SSSR count). The molecule has 0 radical (unpaired) electrons. The van der Waals surface area contributed by atoms with Gasteiger partial charge in [-0.3, -0.25) is 0 Å². The minimum absolute atomic E-state index is 0.0995. The average molecular weight is 295 g/mol. The number of halogens is 1. The summed E-state index contributed by atoms with van der Waals surface area (Å²) in [5.74, 6) is 0.819. The summed E-state index contributed by atoms with van der Waals surface area (Å²) >= 11 is 6.02. The van der Waals surface area contributed by atoms with Crippen molar-refractivity contribution in [2.24, 2.45) is 5.73 Å². The van der Waals surface area contributed by atoms with Crippen LogP contribution in [0.4, 0.5) is 0 Å². The summed E-state index contributed by atoms with van der Waals surface area (Å²) in [6, 6.07) is 7.48. The van der Waals surface area contributed by atoms with E-state index in [2.05, 4.69) is 32.8 Å². The molecule has 110 valence electrons. The summed E-state index contributed by atoms with van der Waals surface area (Å²) in [5.41, 5.74) is 7.26. The van der Waals surface area contributed by atoms with E-state index in [4.69, 9.17) is 21.8 Å². The minimum Gasteiger partial charge on any atom is -0.459 e. The molecule has 0 spiro atoms. The fourth-order valence-corrected chi connectivity index (χ4v) is 3.23. The molecule has 0 amide bonds. The number of nitrogens with zero attached hydrogens (tertiary/aromatic N) is 1. The highest BCUT2D eigenvalue weighted by Gasteiger charge is 2.38. The van der Waals surface area contributed by atoms with Crippen molar-refractivity contribution >= 4 is 22.6 Å².